The maximum Gasteiger partial charge on any atom is 0.309 e. The minimum absolute atomic E-state index is 0.140. The van der Waals surface area contributed by atoms with E-state index >= 15 is 0 Å². The van der Waals surface area contributed by atoms with Crippen molar-refractivity contribution in [3.05, 3.63) is 23.8 Å². The van der Waals surface area contributed by atoms with Gasteiger partial charge in [-0.25, -0.2) is 0 Å². The molecule has 6 atom stereocenters. The summed E-state index contributed by atoms with van der Waals surface area (Å²) in [5, 5.41) is 11.0. The molecule has 0 spiro atoms. The third-order valence-electron chi connectivity index (χ3n) is 5.87. The van der Waals surface area contributed by atoms with Gasteiger partial charge in [-0.2, -0.15) is 0 Å². The summed E-state index contributed by atoms with van der Waals surface area (Å²) < 4.78 is 32.5. The molecule has 0 aliphatic carbocycles. The molecule has 1 heterocycles. The van der Waals surface area contributed by atoms with E-state index in [2.05, 4.69) is 6.58 Å². The van der Waals surface area contributed by atoms with Crippen molar-refractivity contribution in [1.29, 1.82) is 0 Å². The summed E-state index contributed by atoms with van der Waals surface area (Å²) in [6, 6.07) is 0. The summed E-state index contributed by atoms with van der Waals surface area (Å²) in [4.78, 5) is 46.6. The van der Waals surface area contributed by atoms with E-state index in [1.165, 1.54) is 20.8 Å². The monoisotopic (exact) mass is 542 g/mol. The van der Waals surface area contributed by atoms with E-state index in [1.54, 1.807) is 6.92 Å². The van der Waals surface area contributed by atoms with Crippen molar-refractivity contribution in [2.45, 2.75) is 97.9 Å². The summed E-state index contributed by atoms with van der Waals surface area (Å²) in [6.07, 6.45) is -1.95. The normalized spacial score (nSPS) is 24.2. The standard InChI is InChI=1S/C27H42O11/c1-8-18(4)26(32)38-25-23(31)27(37-22(15-35-20(6)29)24(25)36-21(7)30)33-13-12-16(2)10-9-11-17(3)14-34-19(5)28/h11,18,22-25,27,31H,2,8-10,12-15H2,1,3-7H3. The largest absolute Gasteiger partial charge is 0.463 e. The molecule has 1 fully saturated rings. The molecule has 0 bridgehead atoms. The smallest absolute Gasteiger partial charge is 0.309 e. The number of hydrogen-bond acceptors (Lipinski definition) is 11. The Morgan fingerprint density at radius 2 is 1.63 bits per heavy atom. The zero-order chi connectivity index (χ0) is 28.8. The Hall–Kier alpha value is -2.76. The van der Waals surface area contributed by atoms with Gasteiger partial charge in [-0.3, -0.25) is 19.2 Å². The molecule has 0 saturated carbocycles. The molecule has 0 radical (unpaired) electrons. The third kappa shape index (κ3) is 12.2. The molecule has 1 aliphatic rings. The lowest BCUT2D eigenvalue weighted by atomic mass is 9.98. The average molecular weight is 543 g/mol. The maximum atomic E-state index is 12.5. The van der Waals surface area contributed by atoms with E-state index in [9.17, 15) is 24.3 Å². The minimum Gasteiger partial charge on any atom is -0.463 e. The number of esters is 4. The molecule has 38 heavy (non-hydrogen) atoms. The van der Waals surface area contributed by atoms with Crippen LogP contribution in [0.5, 0.6) is 0 Å². The number of carbonyl (C=O) groups is 4. The molecule has 0 aromatic rings. The van der Waals surface area contributed by atoms with Gasteiger partial charge in [-0.15, -0.1) is 0 Å². The minimum atomic E-state index is -1.47. The van der Waals surface area contributed by atoms with Crippen molar-refractivity contribution < 1.29 is 52.7 Å². The number of rotatable bonds is 15. The summed E-state index contributed by atoms with van der Waals surface area (Å²) in [6.45, 7) is 13.2. The molecule has 216 valence electrons. The highest BCUT2D eigenvalue weighted by Crippen LogP contribution is 2.29. The van der Waals surface area contributed by atoms with Crippen LogP contribution in [-0.2, 0) is 47.6 Å². The molecule has 1 rings (SSSR count). The van der Waals surface area contributed by atoms with E-state index in [0.29, 0.717) is 25.7 Å². The topological polar surface area (TPSA) is 144 Å². The van der Waals surface area contributed by atoms with Crippen molar-refractivity contribution in [2.24, 2.45) is 5.92 Å². The summed E-state index contributed by atoms with van der Waals surface area (Å²) in [5.41, 5.74) is 1.82. The molecule has 0 amide bonds. The Bertz CT molecular complexity index is 850. The molecule has 11 heteroatoms. The summed E-state index contributed by atoms with van der Waals surface area (Å²) in [7, 11) is 0. The number of aliphatic hydroxyl groups is 1. The van der Waals surface area contributed by atoms with Crippen LogP contribution in [0.2, 0.25) is 0 Å². The molecule has 11 nitrogen and oxygen atoms in total. The first kappa shape index (κ1) is 33.3. The van der Waals surface area contributed by atoms with Crippen molar-refractivity contribution >= 4 is 23.9 Å². The lowest BCUT2D eigenvalue weighted by molar-refractivity contribution is -0.306. The van der Waals surface area contributed by atoms with Gasteiger partial charge in [-0.05, 0) is 38.2 Å². The zero-order valence-electron chi connectivity index (χ0n) is 23.2. The third-order valence-corrected chi connectivity index (χ3v) is 5.87. The van der Waals surface area contributed by atoms with Crippen LogP contribution in [-0.4, -0.2) is 79.5 Å². The number of ether oxygens (including phenoxy) is 6. The Balaban J connectivity index is 2.85. The Morgan fingerprint density at radius 1 is 0.974 bits per heavy atom. The fourth-order valence-electron chi connectivity index (χ4n) is 3.49. The van der Waals surface area contributed by atoms with Crippen LogP contribution >= 0.6 is 0 Å². The lowest BCUT2D eigenvalue weighted by Crippen LogP contribution is -2.62. The van der Waals surface area contributed by atoms with Crippen molar-refractivity contribution in [1.82, 2.24) is 0 Å². The average Bonchev–Trinajstić information content (AvgIpc) is 2.84. The second-order valence-corrected chi connectivity index (χ2v) is 9.36. The van der Waals surface area contributed by atoms with Gasteiger partial charge in [0.1, 0.15) is 25.4 Å². The van der Waals surface area contributed by atoms with Crippen molar-refractivity contribution in [3.63, 3.8) is 0 Å². The van der Waals surface area contributed by atoms with E-state index in [4.69, 9.17) is 28.4 Å². The molecular formula is C27H42O11. The van der Waals surface area contributed by atoms with Gasteiger partial charge in [-0.1, -0.05) is 32.1 Å². The molecular weight excluding hydrogens is 500 g/mol. The number of carbonyl (C=O) groups excluding carboxylic acids is 4. The molecule has 0 aromatic heterocycles. The molecule has 1 N–H and O–H groups in total. The second-order valence-electron chi connectivity index (χ2n) is 9.36. The van der Waals surface area contributed by atoms with Gasteiger partial charge in [0.25, 0.3) is 0 Å². The van der Waals surface area contributed by atoms with Crippen LogP contribution in [0.15, 0.2) is 23.8 Å². The number of hydrogen-bond donors (Lipinski definition) is 1. The highest BCUT2D eigenvalue weighted by molar-refractivity contribution is 5.72. The van der Waals surface area contributed by atoms with E-state index in [1.807, 2.05) is 19.9 Å². The second kappa shape index (κ2) is 17.0. The maximum absolute atomic E-state index is 12.5. The van der Waals surface area contributed by atoms with Gasteiger partial charge >= 0.3 is 23.9 Å². The van der Waals surface area contributed by atoms with Crippen LogP contribution < -0.4 is 0 Å². The first-order valence-electron chi connectivity index (χ1n) is 12.8. The van der Waals surface area contributed by atoms with Crippen LogP contribution in [0.1, 0.15) is 67.2 Å². The predicted octanol–water partition coefficient (Wildman–Crippen LogP) is 2.78. The lowest BCUT2D eigenvalue weighted by Gasteiger charge is -2.43. The number of allylic oxidation sites excluding steroid dienone is 1. The van der Waals surface area contributed by atoms with Gasteiger partial charge in [0.15, 0.2) is 18.5 Å². The van der Waals surface area contributed by atoms with E-state index in [-0.39, 0.29) is 25.8 Å². The Kier molecular flexibility index (Phi) is 14.8. The molecule has 6 unspecified atom stereocenters. The van der Waals surface area contributed by atoms with Gasteiger partial charge < -0.3 is 33.5 Å². The molecule has 0 aromatic carbocycles. The first-order valence-corrected chi connectivity index (χ1v) is 12.8. The fourth-order valence-corrected chi connectivity index (χ4v) is 3.49. The molecule has 1 aliphatic heterocycles. The first-order chi connectivity index (χ1) is 17.8. The van der Waals surface area contributed by atoms with Crippen LogP contribution in [0.25, 0.3) is 0 Å². The quantitative estimate of drug-likeness (QED) is 0.185. The van der Waals surface area contributed by atoms with E-state index in [0.717, 1.165) is 11.1 Å². The van der Waals surface area contributed by atoms with Crippen LogP contribution in [0.3, 0.4) is 0 Å². The summed E-state index contributed by atoms with van der Waals surface area (Å²) in [5.74, 6) is -2.63. The van der Waals surface area contributed by atoms with Gasteiger partial charge in [0.05, 0.1) is 12.5 Å². The van der Waals surface area contributed by atoms with Crippen molar-refractivity contribution in [3.8, 4) is 0 Å². The van der Waals surface area contributed by atoms with Crippen molar-refractivity contribution in [2.75, 3.05) is 19.8 Å². The van der Waals surface area contributed by atoms with E-state index < -0.39 is 54.5 Å². The molecule has 1 saturated heterocycles. The highest BCUT2D eigenvalue weighted by Gasteiger charge is 2.50. The Morgan fingerprint density at radius 3 is 2.21 bits per heavy atom. The van der Waals surface area contributed by atoms with Gasteiger partial charge in [0, 0.05) is 20.8 Å². The Labute approximate surface area is 224 Å². The highest BCUT2D eigenvalue weighted by atomic mass is 16.7. The number of aliphatic hydroxyl groups excluding tert-OH is 1. The predicted molar refractivity (Wildman–Crippen MR) is 136 cm³/mol. The zero-order valence-corrected chi connectivity index (χ0v) is 23.2. The SMILES string of the molecule is C=C(CCC=C(C)COC(C)=O)CCOC1OC(COC(C)=O)C(OC(C)=O)C(OC(=O)C(C)CC)C1O. The summed E-state index contributed by atoms with van der Waals surface area (Å²) >= 11 is 0. The van der Waals surface area contributed by atoms with Crippen LogP contribution in [0, 0.1) is 5.92 Å². The van der Waals surface area contributed by atoms with Gasteiger partial charge in [0.2, 0.25) is 0 Å². The van der Waals surface area contributed by atoms with Crippen LogP contribution in [0.4, 0.5) is 0 Å². The fraction of sp³-hybridized carbons (Fsp3) is 0.704.